The van der Waals surface area contributed by atoms with E-state index in [1.165, 1.54) is 12.1 Å². The van der Waals surface area contributed by atoms with E-state index >= 15 is 0 Å². The van der Waals surface area contributed by atoms with E-state index in [1.807, 2.05) is 6.92 Å². The summed E-state index contributed by atoms with van der Waals surface area (Å²) >= 11 is 0. The molecule has 0 aliphatic heterocycles. The third-order valence-electron chi connectivity index (χ3n) is 3.03. The second kappa shape index (κ2) is 8.30. The van der Waals surface area contributed by atoms with E-state index in [0.29, 0.717) is 0 Å². The van der Waals surface area contributed by atoms with E-state index in [1.54, 1.807) is 32.9 Å². The Morgan fingerprint density at radius 1 is 1.20 bits per heavy atom. The molecule has 9 heteroatoms. The number of carbonyl (C=O) groups is 2. The number of rotatable bonds is 7. The smallest absolute Gasteiger partial charge is 0.407 e. The Morgan fingerprint density at radius 2 is 1.76 bits per heavy atom. The van der Waals surface area contributed by atoms with Gasteiger partial charge in [0, 0.05) is 6.54 Å². The molecule has 0 spiro atoms. The fourth-order valence-corrected chi connectivity index (χ4v) is 3.06. The first-order valence-electron chi connectivity index (χ1n) is 7.69. The molecule has 1 rings (SSSR count). The molecule has 1 amide bonds. The third-order valence-corrected chi connectivity index (χ3v) is 4.52. The van der Waals surface area contributed by atoms with E-state index in [2.05, 4.69) is 10.0 Å². The molecule has 0 aromatic heterocycles. The number of nitrogens with one attached hydrogen (secondary N) is 2. The first kappa shape index (κ1) is 20.9. The van der Waals surface area contributed by atoms with E-state index in [9.17, 15) is 23.1 Å². The number of aliphatic carboxylic acids is 1. The van der Waals surface area contributed by atoms with Gasteiger partial charge in [0.15, 0.2) is 0 Å². The van der Waals surface area contributed by atoms with Gasteiger partial charge in [0.05, 0.1) is 4.90 Å². The van der Waals surface area contributed by atoms with Gasteiger partial charge in [0.1, 0.15) is 11.6 Å². The number of carboxylic acid groups (broad SMARTS) is 1. The van der Waals surface area contributed by atoms with Crippen molar-refractivity contribution in [3.63, 3.8) is 0 Å². The van der Waals surface area contributed by atoms with Crippen molar-refractivity contribution in [1.29, 1.82) is 0 Å². The van der Waals surface area contributed by atoms with Gasteiger partial charge in [0.2, 0.25) is 10.0 Å². The number of hydrogen-bond acceptors (Lipinski definition) is 5. The highest BCUT2D eigenvalue weighted by molar-refractivity contribution is 7.89. The van der Waals surface area contributed by atoms with Crippen LogP contribution in [0.5, 0.6) is 0 Å². The van der Waals surface area contributed by atoms with Gasteiger partial charge >= 0.3 is 12.1 Å². The van der Waals surface area contributed by atoms with Crippen LogP contribution < -0.4 is 10.0 Å². The summed E-state index contributed by atoms with van der Waals surface area (Å²) in [5.41, 5.74) is 0.207. The van der Waals surface area contributed by atoms with Crippen LogP contribution in [0.3, 0.4) is 0 Å². The summed E-state index contributed by atoms with van der Waals surface area (Å²) < 4.78 is 31.7. The maximum absolute atomic E-state index is 12.3. The molecule has 1 atom stereocenters. The zero-order chi connectivity index (χ0) is 19.3. The maximum Gasteiger partial charge on any atom is 0.407 e. The van der Waals surface area contributed by atoms with Crippen LogP contribution in [0.1, 0.15) is 32.8 Å². The Kier molecular flexibility index (Phi) is 6.95. The van der Waals surface area contributed by atoms with Crippen LogP contribution in [0.15, 0.2) is 29.2 Å². The lowest BCUT2D eigenvalue weighted by Crippen LogP contribution is -2.43. The maximum atomic E-state index is 12.3. The van der Waals surface area contributed by atoms with Gasteiger partial charge in [-0.25, -0.2) is 13.2 Å². The lowest BCUT2D eigenvalue weighted by molar-refractivity contribution is -0.139. The molecule has 0 saturated carbocycles. The molecule has 0 aliphatic rings. The molecule has 1 aromatic rings. The van der Waals surface area contributed by atoms with E-state index in [4.69, 9.17) is 4.74 Å². The molecule has 3 N–H and O–H groups in total. The predicted octanol–water partition coefficient (Wildman–Crippen LogP) is 1.64. The first-order valence-corrected chi connectivity index (χ1v) is 9.18. The molecular weight excluding hydrogens is 348 g/mol. The summed E-state index contributed by atoms with van der Waals surface area (Å²) in [5, 5.41) is 11.6. The van der Waals surface area contributed by atoms with Gasteiger partial charge in [-0.1, -0.05) is 17.7 Å². The SMILES string of the molecule is Cc1ccc(S(=O)(=O)N[C@@H](CCNC(=O)OC(C)(C)C)C(=O)O)cc1. The molecule has 0 radical (unpaired) electrons. The third kappa shape index (κ3) is 7.53. The van der Waals surface area contributed by atoms with E-state index in [0.717, 1.165) is 5.56 Å². The van der Waals surface area contributed by atoms with Crippen molar-refractivity contribution >= 4 is 22.1 Å². The molecule has 0 saturated heterocycles. The van der Waals surface area contributed by atoms with Gasteiger partial charge < -0.3 is 15.2 Å². The molecule has 0 fully saturated rings. The number of hydrogen-bond donors (Lipinski definition) is 3. The van der Waals surface area contributed by atoms with Crippen LogP contribution in [0.4, 0.5) is 4.79 Å². The van der Waals surface area contributed by atoms with Gasteiger partial charge in [-0.2, -0.15) is 4.72 Å². The lowest BCUT2D eigenvalue weighted by Gasteiger charge is -2.20. The van der Waals surface area contributed by atoms with Crippen LogP contribution in [-0.4, -0.2) is 43.8 Å². The van der Waals surface area contributed by atoms with Gasteiger partial charge in [-0.3, -0.25) is 4.79 Å². The lowest BCUT2D eigenvalue weighted by atomic mass is 10.2. The number of alkyl carbamates (subject to hydrolysis) is 1. The highest BCUT2D eigenvalue weighted by Crippen LogP contribution is 2.11. The zero-order valence-corrected chi connectivity index (χ0v) is 15.5. The number of aryl methyl sites for hydroxylation is 1. The Hall–Kier alpha value is -2.13. The number of ether oxygens (including phenoxy) is 1. The molecule has 0 heterocycles. The van der Waals surface area contributed by atoms with Crippen LogP contribution in [0.25, 0.3) is 0 Å². The Morgan fingerprint density at radius 3 is 2.24 bits per heavy atom. The van der Waals surface area contributed by atoms with Gasteiger partial charge in [-0.05, 0) is 46.2 Å². The largest absolute Gasteiger partial charge is 0.480 e. The summed E-state index contributed by atoms with van der Waals surface area (Å²) in [7, 11) is -3.98. The number of carboxylic acids is 1. The number of sulfonamides is 1. The van der Waals surface area contributed by atoms with Crippen LogP contribution in [0.2, 0.25) is 0 Å². The summed E-state index contributed by atoms with van der Waals surface area (Å²) in [6.07, 6.45) is -0.822. The Labute approximate surface area is 147 Å². The van der Waals surface area contributed by atoms with Crippen molar-refractivity contribution in [2.75, 3.05) is 6.54 Å². The summed E-state index contributed by atoms with van der Waals surface area (Å²) in [5.74, 6) is -1.33. The minimum absolute atomic E-state index is 0.0237. The molecule has 25 heavy (non-hydrogen) atoms. The quantitative estimate of drug-likeness (QED) is 0.669. The zero-order valence-electron chi connectivity index (χ0n) is 14.7. The average molecular weight is 372 g/mol. The monoisotopic (exact) mass is 372 g/mol. The van der Waals surface area contributed by atoms with Crippen molar-refractivity contribution in [1.82, 2.24) is 10.0 Å². The van der Waals surface area contributed by atoms with Crippen molar-refractivity contribution < 1.29 is 27.9 Å². The summed E-state index contributed by atoms with van der Waals surface area (Å²) in [6, 6.07) is 4.66. The molecule has 0 bridgehead atoms. The molecule has 8 nitrogen and oxygen atoms in total. The fraction of sp³-hybridized carbons (Fsp3) is 0.500. The van der Waals surface area contributed by atoms with Crippen molar-refractivity contribution in [2.45, 2.75) is 50.7 Å². The minimum Gasteiger partial charge on any atom is -0.480 e. The average Bonchev–Trinajstić information content (AvgIpc) is 2.44. The highest BCUT2D eigenvalue weighted by Gasteiger charge is 2.25. The van der Waals surface area contributed by atoms with E-state index < -0.39 is 33.7 Å². The number of carbonyl (C=O) groups excluding carboxylic acids is 1. The first-order chi connectivity index (χ1) is 11.4. The Balaban J connectivity index is 2.67. The van der Waals surface area contributed by atoms with Crippen LogP contribution >= 0.6 is 0 Å². The van der Waals surface area contributed by atoms with Crippen molar-refractivity contribution in [2.24, 2.45) is 0 Å². The second-order valence-electron chi connectivity index (χ2n) is 6.54. The normalized spacial score (nSPS) is 13.1. The topological polar surface area (TPSA) is 122 Å². The fourth-order valence-electron chi connectivity index (χ4n) is 1.84. The highest BCUT2D eigenvalue weighted by atomic mass is 32.2. The Bertz CT molecular complexity index is 707. The van der Waals surface area contributed by atoms with Gasteiger partial charge in [0.25, 0.3) is 0 Å². The van der Waals surface area contributed by atoms with Crippen LogP contribution in [0, 0.1) is 6.92 Å². The molecule has 1 aromatic carbocycles. The van der Waals surface area contributed by atoms with E-state index in [-0.39, 0.29) is 17.9 Å². The predicted molar refractivity (Wildman–Crippen MR) is 91.8 cm³/mol. The van der Waals surface area contributed by atoms with Crippen molar-refractivity contribution in [3.05, 3.63) is 29.8 Å². The molecule has 0 aliphatic carbocycles. The second-order valence-corrected chi connectivity index (χ2v) is 8.26. The molecule has 140 valence electrons. The summed E-state index contributed by atoms with van der Waals surface area (Å²) in [6.45, 7) is 6.85. The van der Waals surface area contributed by atoms with Crippen LogP contribution in [-0.2, 0) is 19.6 Å². The number of amides is 1. The van der Waals surface area contributed by atoms with Crippen molar-refractivity contribution in [3.8, 4) is 0 Å². The minimum atomic E-state index is -3.98. The molecule has 0 unspecified atom stereocenters. The molecular formula is C16H24N2O6S. The number of benzene rings is 1. The standard InChI is InChI=1S/C16H24N2O6S/c1-11-5-7-12(8-6-11)25(22,23)18-13(14(19)20)9-10-17-15(21)24-16(2,3)4/h5-8,13,18H,9-10H2,1-4H3,(H,17,21)(H,19,20)/t13-/m0/s1. The summed E-state index contributed by atoms with van der Waals surface area (Å²) in [4.78, 5) is 22.8. The van der Waals surface area contributed by atoms with Gasteiger partial charge in [-0.15, -0.1) is 0 Å².